The van der Waals surface area contributed by atoms with Gasteiger partial charge in [0.15, 0.2) is 11.5 Å². The molecule has 2 N–H and O–H groups in total. The molecular weight excluding hydrogens is 356 g/mol. The van der Waals surface area contributed by atoms with Crippen LogP contribution in [0, 0.1) is 13.8 Å². The van der Waals surface area contributed by atoms with Gasteiger partial charge in [0.1, 0.15) is 17.8 Å². The molecule has 28 heavy (non-hydrogen) atoms. The molecule has 1 aliphatic rings. The van der Waals surface area contributed by atoms with E-state index in [1.807, 2.05) is 50.2 Å². The average molecular weight is 376 g/mol. The first-order chi connectivity index (χ1) is 13.6. The van der Waals surface area contributed by atoms with Crippen molar-refractivity contribution in [2.75, 3.05) is 17.4 Å². The number of fused-ring (bicyclic) bond motifs is 1. The first-order valence-corrected chi connectivity index (χ1v) is 8.92. The Morgan fingerprint density at radius 1 is 1.04 bits per heavy atom. The third-order valence-corrected chi connectivity index (χ3v) is 4.53. The minimum atomic E-state index is -0.272. The summed E-state index contributed by atoms with van der Waals surface area (Å²) in [6.07, 6.45) is 1.38. The second kappa shape index (κ2) is 7.56. The van der Waals surface area contributed by atoms with E-state index in [1.54, 1.807) is 6.07 Å². The maximum absolute atomic E-state index is 12.6. The van der Waals surface area contributed by atoms with E-state index in [2.05, 4.69) is 20.6 Å². The molecule has 7 heteroatoms. The smallest absolute Gasteiger partial charge is 0.274 e. The van der Waals surface area contributed by atoms with Crippen LogP contribution in [0.1, 0.15) is 27.2 Å². The quantitative estimate of drug-likeness (QED) is 0.706. The van der Waals surface area contributed by atoms with Gasteiger partial charge in [-0.2, -0.15) is 0 Å². The van der Waals surface area contributed by atoms with Crippen molar-refractivity contribution in [2.45, 2.75) is 20.4 Å². The third-order valence-electron chi connectivity index (χ3n) is 4.53. The minimum Gasteiger partial charge on any atom is -0.454 e. The summed E-state index contributed by atoms with van der Waals surface area (Å²) in [6, 6.07) is 13.3. The van der Waals surface area contributed by atoms with Crippen LogP contribution in [0.4, 0.5) is 11.5 Å². The highest BCUT2D eigenvalue weighted by molar-refractivity contribution is 6.04. The van der Waals surface area contributed by atoms with Gasteiger partial charge in [0.25, 0.3) is 5.91 Å². The Bertz CT molecular complexity index is 1020. The van der Waals surface area contributed by atoms with Crippen molar-refractivity contribution in [1.29, 1.82) is 0 Å². The van der Waals surface area contributed by atoms with Gasteiger partial charge in [-0.3, -0.25) is 4.79 Å². The molecule has 4 rings (SSSR count). The SMILES string of the molecule is Cc1cccc(C)c1NC(=O)c1cc(NCc2ccc3c(c2)OCO3)ncn1. The molecule has 0 aliphatic carbocycles. The van der Waals surface area contributed by atoms with Crippen LogP contribution in [0.2, 0.25) is 0 Å². The second-order valence-electron chi connectivity index (χ2n) is 6.55. The summed E-state index contributed by atoms with van der Waals surface area (Å²) in [5.74, 6) is 1.78. The second-order valence-corrected chi connectivity index (χ2v) is 6.55. The summed E-state index contributed by atoms with van der Waals surface area (Å²) in [4.78, 5) is 20.9. The lowest BCUT2D eigenvalue weighted by atomic mass is 10.1. The molecule has 0 fully saturated rings. The van der Waals surface area contributed by atoms with Crippen LogP contribution in [-0.2, 0) is 6.54 Å². The van der Waals surface area contributed by atoms with Crippen molar-refractivity contribution < 1.29 is 14.3 Å². The Labute approximate surface area is 162 Å². The number of carbonyl (C=O) groups excluding carboxylic acids is 1. The summed E-state index contributed by atoms with van der Waals surface area (Å²) in [6.45, 7) is 4.70. The van der Waals surface area contributed by atoms with Crippen LogP contribution in [-0.4, -0.2) is 22.7 Å². The molecular formula is C21H20N4O3. The zero-order valence-corrected chi connectivity index (χ0v) is 15.7. The van der Waals surface area contributed by atoms with E-state index in [9.17, 15) is 4.79 Å². The highest BCUT2D eigenvalue weighted by Crippen LogP contribution is 2.32. The number of amides is 1. The maximum Gasteiger partial charge on any atom is 0.274 e. The molecule has 1 aliphatic heterocycles. The monoisotopic (exact) mass is 376 g/mol. The van der Waals surface area contributed by atoms with E-state index in [0.717, 1.165) is 33.9 Å². The number of carbonyl (C=O) groups is 1. The van der Waals surface area contributed by atoms with E-state index >= 15 is 0 Å². The molecule has 0 spiro atoms. The largest absolute Gasteiger partial charge is 0.454 e. The van der Waals surface area contributed by atoms with Crippen LogP contribution in [0.15, 0.2) is 48.8 Å². The lowest BCUT2D eigenvalue weighted by Gasteiger charge is -2.12. The number of para-hydroxylation sites is 1. The fraction of sp³-hybridized carbons (Fsp3) is 0.190. The first-order valence-electron chi connectivity index (χ1n) is 8.92. The fourth-order valence-electron chi connectivity index (χ4n) is 3.01. The van der Waals surface area contributed by atoms with Crippen LogP contribution in [0.5, 0.6) is 11.5 Å². The molecule has 0 unspecified atom stereocenters. The van der Waals surface area contributed by atoms with Crippen molar-refractivity contribution in [3.63, 3.8) is 0 Å². The van der Waals surface area contributed by atoms with Crippen molar-refractivity contribution in [2.24, 2.45) is 0 Å². The molecule has 1 amide bonds. The summed E-state index contributed by atoms with van der Waals surface area (Å²) >= 11 is 0. The summed E-state index contributed by atoms with van der Waals surface area (Å²) in [5.41, 5.74) is 4.13. The number of hydrogen-bond donors (Lipinski definition) is 2. The first kappa shape index (κ1) is 17.8. The Hall–Kier alpha value is -3.61. The van der Waals surface area contributed by atoms with Crippen LogP contribution in [0.3, 0.4) is 0 Å². The summed E-state index contributed by atoms with van der Waals surface area (Å²) in [7, 11) is 0. The summed E-state index contributed by atoms with van der Waals surface area (Å²) in [5, 5.41) is 6.14. The Morgan fingerprint density at radius 2 is 1.82 bits per heavy atom. The standard InChI is InChI=1S/C21H20N4O3/c1-13-4-3-5-14(2)20(13)25-21(26)16-9-19(24-11-23-16)22-10-15-6-7-17-18(8-15)28-12-27-17/h3-9,11H,10,12H2,1-2H3,(H,25,26)(H,22,23,24). The number of anilines is 2. The number of benzene rings is 2. The molecule has 0 saturated heterocycles. The van der Waals surface area contributed by atoms with Crippen molar-refractivity contribution >= 4 is 17.4 Å². The van der Waals surface area contributed by atoms with Crippen LogP contribution < -0.4 is 20.1 Å². The molecule has 2 aromatic carbocycles. The van der Waals surface area contributed by atoms with E-state index in [0.29, 0.717) is 18.1 Å². The molecule has 1 aromatic heterocycles. The molecule has 7 nitrogen and oxygen atoms in total. The van der Waals surface area contributed by atoms with E-state index in [-0.39, 0.29) is 12.7 Å². The number of nitrogens with one attached hydrogen (secondary N) is 2. The predicted octanol–water partition coefficient (Wildman–Crippen LogP) is 3.69. The molecule has 0 bridgehead atoms. The van der Waals surface area contributed by atoms with Gasteiger partial charge in [0.2, 0.25) is 6.79 Å². The van der Waals surface area contributed by atoms with Crippen molar-refractivity contribution in [1.82, 2.24) is 9.97 Å². The van der Waals surface area contributed by atoms with Gasteiger partial charge in [0, 0.05) is 18.3 Å². The average Bonchev–Trinajstić information content (AvgIpc) is 3.17. The van der Waals surface area contributed by atoms with Gasteiger partial charge in [-0.1, -0.05) is 24.3 Å². The van der Waals surface area contributed by atoms with E-state index in [4.69, 9.17) is 9.47 Å². The minimum absolute atomic E-state index is 0.247. The highest BCUT2D eigenvalue weighted by Gasteiger charge is 2.14. The number of nitrogens with zero attached hydrogens (tertiary/aromatic N) is 2. The van der Waals surface area contributed by atoms with E-state index in [1.165, 1.54) is 6.33 Å². The Morgan fingerprint density at radius 3 is 2.64 bits per heavy atom. The fourth-order valence-corrected chi connectivity index (χ4v) is 3.01. The van der Waals surface area contributed by atoms with Crippen molar-refractivity contribution in [3.8, 4) is 11.5 Å². The molecule has 2 heterocycles. The van der Waals surface area contributed by atoms with Gasteiger partial charge in [-0.25, -0.2) is 9.97 Å². The van der Waals surface area contributed by atoms with Gasteiger partial charge in [-0.15, -0.1) is 0 Å². The summed E-state index contributed by atoms with van der Waals surface area (Å²) < 4.78 is 10.7. The van der Waals surface area contributed by atoms with Crippen LogP contribution in [0.25, 0.3) is 0 Å². The maximum atomic E-state index is 12.6. The lowest BCUT2D eigenvalue weighted by molar-refractivity contribution is 0.102. The topological polar surface area (TPSA) is 85.4 Å². The molecule has 0 saturated carbocycles. The number of rotatable bonds is 5. The Kier molecular flexibility index (Phi) is 4.80. The van der Waals surface area contributed by atoms with Gasteiger partial charge >= 0.3 is 0 Å². The normalized spacial score (nSPS) is 11.9. The number of aromatic nitrogens is 2. The number of aryl methyl sites for hydroxylation is 2. The number of ether oxygens (including phenoxy) is 2. The highest BCUT2D eigenvalue weighted by atomic mass is 16.7. The van der Waals surface area contributed by atoms with Gasteiger partial charge in [0.05, 0.1) is 0 Å². The molecule has 0 atom stereocenters. The predicted molar refractivity (Wildman–Crippen MR) is 106 cm³/mol. The zero-order chi connectivity index (χ0) is 19.5. The van der Waals surface area contributed by atoms with Gasteiger partial charge < -0.3 is 20.1 Å². The molecule has 3 aromatic rings. The molecule has 142 valence electrons. The van der Waals surface area contributed by atoms with Crippen molar-refractivity contribution in [3.05, 3.63) is 71.2 Å². The van der Waals surface area contributed by atoms with Crippen LogP contribution >= 0.6 is 0 Å². The lowest BCUT2D eigenvalue weighted by Crippen LogP contribution is -2.16. The van der Waals surface area contributed by atoms with E-state index < -0.39 is 0 Å². The molecule has 0 radical (unpaired) electrons. The van der Waals surface area contributed by atoms with Gasteiger partial charge in [-0.05, 0) is 42.7 Å². The number of hydrogen-bond acceptors (Lipinski definition) is 6. The Balaban J connectivity index is 1.44. The third kappa shape index (κ3) is 3.73. The zero-order valence-electron chi connectivity index (χ0n) is 15.7.